The Morgan fingerprint density at radius 1 is 1.11 bits per heavy atom. The maximum Gasteiger partial charge on any atom is 0.244 e. The number of pyridine rings is 2. The van der Waals surface area contributed by atoms with Crippen molar-refractivity contribution >= 4 is 34.0 Å². The smallest absolute Gasteiger partial charge is 0.244 e. The van der Waals surface area contributed by atoms with Crippen molar-refractivity contribution in [3.05, 3.63) is 59.4 Å². The number of rotatable bonds is 3. The predicted molar refractivity (Wildman–Crippen MR) is 144 cm³/mol. The van der Waals surface area contributed by atoms with Crippen LogP contribution in [-0.4, -0.2) is 55.8 Å². The number of anilines is 3. The number of carbonyl (C=O) groups excluding carboxylic acids is 1. The third kappa shape index (κ3) is 4.05. The summed E-state index contributed by atoms with van der Waals surface area (Å²) in [5, 5.41) is 23.4. The lowest BCUT2D eigenvalue weighted by Crippen LogP contribution is -2.36. The Morgan fingerprint density at radius 3 is 2.74 bits per heavy atom. The maximum atomic E-state index is 15.3. The van der Waals surface area contributed by atoms with Crippen LogP contribution in [0.4, 0.5) is 21.7 Å². The van der Waals surface area contributed by atoms with E-state index in [-0.39, 0.29) is 23.7 Å². The Hall–Kier alpha value is -4.05. The van der Waals surface area contributed by atoms with Gasteiger partial charge in [0, 0.05) is 72.6 Å². The number of likely N-dealkylation sites (N-methyl/N-ethyl adjacent to an activating group) is 1. The molecule has 3 aromatic heterocycles. The first-order valence-electron chi connectivity index (χ1n) is 12.7. The van der Waals surface area contributed by atoms with Gasteiger partial charge in [-0.25, -0.2) is 9.37 Å². The molecule has 0 saturated heterocycles. The Labute approximate surface area is 219 Å². The zero-order valence-electron chi connectivity index (χ0n) is 21.8. The lowest BCUT2D eigenvalue weighted by Gasteiger charge is -2.37. The Kier molecular flexibility index (Phi) is 5.60. The summed E-state index contributed by atoms with van der Waals surface area (Å²) in [7, 11) is 1.80. The number of nitrogens with one attached hydrogen (secondary N) is 2. The molecule has 2 aliphatic rings. The summed E-state index contributed by atoms with van der Waals surface area (Å²) in [5.74, 6) is 0.832. The van der Waals surface area contributed by atoms with Gasteiger partial charge in [-0.3, -0.25) is 14.5 Å². The highest BCUT2D eigenvalue weighted by atomic mass is 19.1. The molecule has 3 N–H and O–H groups in total. The quantitative estimate of drug-likeness (QED) is 0.376. The van der Waals surface area contributed by atoms with Crippen molar-refractivity contribution in [1.82, 2.24) is 24.6 Å². The van der Waals surface area contributed by atoms with Gasteiger partial charge in [-0.1, -0.05) is 13.8 Å². The number of carbonyl (C=O) groups is 1. The van der Waals surface area contributed by atoms with Gasteiger partial charge in [-0.15, -0.1) is 0 Å². The second-order valence-corrected chi connectivity index (χ2v) is 10.9. The molecule has 4 aromatic rings. The van der Waals surface area contributed by atoms with Crippen LogP contribution in [0.1, 0.15) is 36.9 Å². The molecule has 0 saturated carbocycles. The first kappa shape index (κ1) is 24.3. The molecule has 6 rings (SSSR count). The van der Waals surface area contributed by atoms with Crippen molar-refractivity contribution in [1.29, 1.82) is 0 Å². The number of hydrogen-bond donors (Lipinski definition) is 3. The molecule has 38 heavy (non-hydrogen) atoms. The van der Waals surface area contributed by atoms with Crippen LogP contribution in [0.25, 0.3) is 21.9 Å². The largest absolute Gasteiger partial charge is 0.386 e. The van der Waals surface area contributed by atoms with Gasteiger partial charge in [-0.05, 0) is 36.1 Å². The molecule has 1 aromatic carbocycles. The van der Waals surface area contributed by atoms with Gasteiger partial charge in [0.05, 0.1) is 11.4 Å². The van der Waals surface area contributed by atoms with E-state index in [0.717, 1.165) is 28.8 Å². The summed E-state index contributed by atoms with van der Waals surface area (Å²) in [6.07, 6.45) is 3.29. The number of nitrogens with zero attached hydrogens (tertiary/aromatic N) is 5. The minimum absolute atomic E-state index is 0.0252. The normalized spacial score (nSPS) is 18.5. The van der Waals surface area contributed by atoms with E-state index >= 15 is 4.39 Å². The van der Waals surface area contributed by atoms with Crippen molar-refractivity contribution in [2.45, 2.75) is 39.8 Å². The molecular formula is C28H30FN7O2. The van der Waals surface area contributed by atoms with Gasteiger partial charge in [0.2, 0.25) is 5.91 Å². The average molecular weight is 516 g/mol. The molecule has 0 bridgehead atoms. The van der Waals surface area contributed by atoms with Gasteiger partial charge in [0.25, 0.3) is 0 Å². The second kappa shape index (κ2) is 8.76. The van der Waals surface area contributed by atoms with E-state index in [9.17, 15) is 9.90 Å². The number of halogens is 1. The predicted octanol–water partition coefficient (Wildman–Crippen LogP) is 4.18. The van der Waals surface area contributed by atoms with E-state index in [1.54, 1.807) is 35.1 Å². The van der Waals surface area contributed by atoms with Crippen LogP contribution in [0.15, 0.2) is 36.7 Å². The zero-order valence-corrected chi connectivity index (χ0v) is 21.8. The molecule has 1 atom stereocenters. The number of fused-ring (bicyclic) bond motifs is 3. The van der Waals surface area contributed by atoms with Crippen molar-refractivity contribution < 1.29 is 14.3 Å². The van der Waals surface area contributed by atoms with Gasteiger partial charge < -0.3 is 20.6 Å². The van der Waals surface area contributed by atoms with Crippen LogP contribution >= 0.6 is 0 Å². The highest BCUT2D eigenvalue weighted by Gasteiger charge is 2.37. The molecular weight excluding hydrogens is 485 g/mol. The van der Waals surface area contributed by atoms with Crippen molar-refractivity contribution in [2.24, 2.45) is 5.41 Å². The van der Waals surface area contributed by atoms with Crippen LogP contribution in [0.2, 0.25) is 0 Å². The highest BCUT2D eigenvalue weighted by molar-refractivity contribution is 5.90. The Bertz CT molecular complexity index is 1600. The van der Waals surface area contributed by atoms with Gasteiger partial charge in [0.1, 0.15) is 24.3 Å². The molecule has 0 unspecified atom stereocenters. The number of aliphatic hydroxyl groups excluding tert-OH is 1. The third-order valence-corrected chi connectivity index (χ3v) is 7.72. The molecule has 0 radical (unpaired) electrons. The molecule has 0 spiro atoms. The van der Waals surface area contributed by atoms with E-state index in [1.165, 1.54) is 6.07 Å². The van der Waals surface area contributed by atoms with Crippen LogP contribution in [0.3, 0.4) is 0 Å². The number of amides is 1. The monoisotopic (exact) mass is 515 g/mol. The molecule has 1 amide bonds. The van der Waals surface area contributed by atoms with Crippen molar-refractivity contribution in [3.63, 3.8) is 0 Å². The van der Waals surface area contributed by atoms with E-state index < -0.39 is 6.10 Å². The fourth-order valence-corrected chi connectivity index (χ4v) is 5.19. The van der Waals surface area contributed by atoms with E-state index in [4.69, 9.17) is 0 Å². The lowest BCUT2D eigenvalue weighted by molar-refractivity contribution is -0.130. The number of hydrogen-bond acceptors (Lipinski definition) is 7. The maximum absolute atomic E-state index is 15.3. The van der Waals surface area contributed by atoms with Crippen LogP contribution in [0.5, 0.6) is 0 Å². The fourth-order valence-electron chi connectivity index (χ4n) is 5.19. The van der Waals surface area contributed by atoms with Gasteiger partial charge in [0.15, 0.2) is 5.82 Å². The van der Waals surface area contributed by atoms with Crippen molar-refractivity contribution in [2.75, 3.05) is 30.8 Å². The third-order valence-electron chi connectivity index (χ3n) is 7.72. The van der Waals surface area contributed by atoms with Crippen molar-refractivity contribution in [3.8, 4) is 11.1 Å². The van der Waals surface area contributed by atoms with E-state index in [1.807, 2.05) is 32.9 Å². The van der Waals surface area contributed by atoms with Crippen LogP contribution in [0, 0.1) is 18.2 Å². The standard InChI is InChI=1S/C28H30FN7O2/c1-15-20(12-31-26-25(15)32-14-28(2,3)27(26)38)19-7-16-9-22(30-11-17(16)8-21(19)29)33-23-10-18-5-6-35(4)24(37)13-36(18)34-23/h7-12,27,32,38H,5-6,13-14H2,1-4H3,(H,30,33,34)/t27-/m1/s1. The zero-order chi connectivity index (χ0) is 26.8. The minimum atomic E-state index is -0.704. The van der Waals surface area contributed by atoms with Gasteiger partial charge >= 0.3 is 0 Å². The summed E-state index contributed by atoms with van der Waals surface area (Å²) >= 11 is 0. The Balaban J connectivity index is 1.33. The number of benzene rings is 1. The SMILES string of the molecule is Cc1c(-c2cc3cc(Nc4cc5n(n4)CC(=O)N(C)CC5)ncc3cc2F)cnc2c1NCC(C)(C)[C@@H]2O. The summed E-state index contributed by atoms with van der Waals surface area (Å²) in [6.45, 7) is 7.34. The van der Waals surface area contributed by atoms with Crippen LogP contribution < -0.4 is 10.6 Å². The number of aromatic nitrogens is 4. The second-order valence-electron chi connectivity index (χ2n) is 10.9. The minimum Gasteiger partial charge on any atom is -0.386 e. The summed E-state index contributed by atoms with van der Waals surface area (Å²) in [6, 6.07) is 7.06. The number of aliphatic hydroxyl groups is 1. The molecule has 0 aliphatic carbocycles. The molecule has 5 heterocycles. The molecule has 9 nitrogen and oxygen atoms in total. The topological polar surface area (TPSA) is 108 Å². The van der Waals surface area contributed by atoms with Gasteiger partial charge in [-0.2, -0.15) is 5.10 Å². The van der Waals surface area contributed by atoms with E-state index in [2.05, 4.69) is 25.7 Å². The highest BCUT2D eigenvalue weighted by Crippen LogP contribution is 2.44. The molecule has 2 aliphatic heterocycles. The van der Waals surface area contributed by atoms with E-state index in [0.29, 0.717) is 46.9 Å². The molecule has 0 fully saturated rings. The van der Waals surface area contributed by atoms with Crippen LogP contribution in [-0.2, 0) is 17.8 Å². The fraction of sp³-hybridized carbons (Fsp3) is 0.357. The average Bonchev–Trinajstić information content (AvgIpc) is 3.19. The molecule has 10 heteroatoms. The Morgan fingerprint density at radius 2 is 1.92 bits per heavy atom. The first-order chi connectivity index (χ1) is 18.1. The summed E-state index contributed by atoms with van der Waals surface area (Å²) < 4.78 is 17.0. The summed E-state index contributed by atoms with van der Waals surface area (Å²) in [4.78, 5) is 22.9. The molecule has 196 valence electrons. The lowest BCUT2D eigenvalue weighted by atomic mass is 9.80. The summed E-state index contributed by atoms with van der Waals surface area (Å²) in [5.41, 5.74) is 3.92. The first-order valence-corrected chi connectivity index (χ1v) is 12.7.